The van der Waals surface area contributed by atoms with E-state index in [0.717, 1.165) is 43.4 Å². The molecule has 3 nitrogen and oxygen atoms in total. The van der Waals surface area contributed by atoms with E-state index in [0.29, 0.717) is 6.54 Å². The zero-order valence-corrected chi connectivity index (χ0v) is 14.9. The van der Waals surface area contributed by atoms with Crippen molar-refractivity contribution in [1.29, 1.82) is 0 Å². The highest BCUT2D eigenvalue weighted by Gasteiger charge is 2.29. The highest BCUT2D eigenvalue weighted by molar-refractivity contribution is 5.71. The van der Waals surface area contributed by atoms with Gasteiger partial charge in [-0.25, -0.2) is 0 Å². The van der Waals surface area contributed by atoms with E-state index in [1.807, 2.05) is 30.3 Å². The van der Waals surface area contributed by atoms with Crippen LogP contribution in [0.15, 0.2) is 54.6 Å². The van der Waals surface area contributed by atoms with Crippen LogP contribution in [-0.4, -0.2) is 24.2 Å². The molecule has 1 aliphatic heterocycles. The SMILES string of the molecule is O=C(O)[C@H]1CNCC[C@H]1CCCC#Cc1ccccc1-c1ccccc1. The molecule has 134 valence electrons. The van der Waals surface area contributed by atoms with E-state index < -0.39 is 5.97 Å². The molecular weight excluding hydrogens is 322 g/mol. The van der Waals surface area contributed by atoms with E-state index in [-0.39, 0.29) is 11.8 Å². The van der Waals surface area contributed by atoms with Gasteiger partial charge in [0.2, 0.25) is 0 Å². The smallest absolute Gasteiger partial charge is 0.308 e. The Hall–Kier alpha value is -2.57. The third-order valence-corrected chi connectivity index (χ3v) is 5.05. The normalized spacial score (nSPS) is 19.4. The van der Waals surface area contributed by atoms with Crippen molar-refractivity contribution in [3.63, 3.8) is 0 Å². The molecule has 1 saturated heterocycles. The highest BCUT2D eigenvalue weighted by Crippen LogP contribution is 2.25. The number of carboxylic acids is 1. The van der Waals surface area contributed by atoms with Gasteiger partial charge in [0.05, 0.1) is 5.92 Å². The van der Waals surface area contributed by atoms with Crippen LogP contribution >= 0.6 is 0 Å². The summed E-state index contributed by atoms with van der Waals surface area (Å²) in [5.74, 6) is 5.93. The second kappa shape index (κ2) is 9.22. The Bertz CT molecular complexity index is 789. The van der Waals surface area contributed by atoms with Gasteiger partial charge < -0.3 is 10.4 Å². The third kappa shape index (κ3) is 4.74. The molecule has 0 spiro atoms. The first-order valence-electron chi connectivity index (χ1n) is 9.32. The summed E-state index contributed by atoms with van der Waals surface area (Å²) >= 11 is 0. The largest absolute Gasteiger partial charge is 0.481 e. The van der Waals surface area contributed by atoms with Crippen molar-refractivity contribution in [2.24, 2.45) is 11.8 Å². The molecule has 0 aliphatic carbocycles. The number of rotatable bonds is 5. The standard InChI is InChI=1S/C23H25NO2/c25-23(26)22-17-24-16-15-20(22)12-6-2-5-11-19-13-7-8-14-21(19)18-9-3-1-4-10-18/h1,3-4,7-10,13-14,20,22,24H,2,6,12,15-17H2,(H,25,26)/t20-,22+/m1/s1. The van der Waals surface area contributed by atoms with Crippen LogP contribution in [0.5, 0.6) is 0 Å². The number of aliphatic carboxylic acids is 1. The van der Waals surface area contributed by atoms with Gasteiger partial charge in [0.15, 0.2) is 0 Å². The average molecular weight is 347 g/mol. The molecule has 0 bridgehead atoms. The average Bonchev–Trinajstić information content (AvgIpc) is 2.69. The Labute approximate surface area is 155 Å². The number of hydrogen-bond donors (Lipinski definition) is 2. The van der Waals surface area contributed by atoms with E-state index >= 15 is 0 Å². The highest BCUT2D eigenvalue weighted by atomic mass is 16.4. The zero-order valence-electron chi connectivity index (χ0n) is 14.9. The Morgan fingerprint density at radius 3 is 2.69 bits per heavy atom. The van der Waals surface area contributed by atoms with Gasteiger partial charge in [-0.05, 0) is 48.9 Å². The van der Waals surface area contributed by atoms with Gasteiger partial charge in [-0.15, -0.1) is 0 Å². The molecule has 2 atom stereocenters. The molecule has 2 aromatic carbocycles. The lowest BCUT2D eigenvalue weighted by molar-refractivity contribution is -0.144. The molecule has 0 amide bonds. The van der Waals surface area contributed by atoms with Gasteiger partial charge in [-0.3, -0.25) is 4.79 Å². The summed E-state index contributed by atoms with van der Waals surface area (Å²) in [6.45, 7) is 1.51. The van der Waals surface area contributed by atoms with Gasteiger partial charge in [0, 0.05) is 18.5 Å². The topological polar surface area (TPSA) is 49.3 Å². The van der Waals surface area contributed by atoms with Crippen LogP contribution in [0.2, 0.25) is 0 Å². The molecule has 1 fully saturated rings. The number of carboxylic acid groups (broad SMARTS) is 1. The van der Waals surface area contributed by atoms with Crippen molar-refractivity contribution < 1.29 is 9.90 Å². The molecule has 3 rings (SSSR count). The monoisotopic (exact) mass is 347 g/mol. The molecule has 0 unspecified atom stereocenters. The minimum Gasteiger partial charge on any atom is -0.481 e. The Morgan fingerprint density at radius 1 is 1.12 bits per heavy atom. The Morgan fingerprint density at radius 2 is 1.88 bits per heavy atom. The first kappa shape index (κ1) is 18.2. The molecule has 0 saturated carbocycles. The van der Waals surface area contributed by atoms with Gasteiger partial charge in [0.25, 0.3) is 0 Å². The predicted octanol–water partition coefficient (Wildman–Crippen LogP) is 4.19. The number of piperidine rings is 1. The zero-order chi connectivity index (χ0) is 18.2. The van der Waals surface area contributed by atoms with Crippen LogP contribution in [-0.2, 0) is 4.79 Å². The maximum absolute atomic E-state index is 11.3. The summed E-state index contributed by atoms with van der Waals surface area (Å²) in [6.07, 6.45) is 3.64. The Kier molecular flexibility index (Phi) is 6.46. The third-order valence-electron chi connectivity index (χ3n) is 5.05. The minimum atomic E-state index is -0.676. The van der Waals surface area contributed by atoms with Crippen molar-refractivity contribution in [1.82, 2.24) is 5.32 Å². The maximum atomic E-state index is 11.3. The number of carbonyl (C=O) groups is 1. The van der Waals surface area contributed by atoms with Gasteiger partial charge in [0.1, 0.15) is 0 Å². The molecule has 2 N–H and O–H groups in total. The summed E-state index contributed by atoms with van der Waals surface area (Å²) in [4.78, 5) is 11.3. The molecule has 0 aromatic heterocycles. The predicted molar refractivity (Wildman–Crippen MR) is 105 cm³/mol. The molecule has 0 radical (unpaired) electrons. The molecule has 1 aliphatic rings. The van der Waals surface area contributed by atoms with E-state index in [1.54, 1.807) is 0 Å². The van der Waals surface area contributed by atoms with Crippen LogP contribution in [0, 0.1) is 23.7 Å². The van der Waals surface area contributed by atoms with Gasteiger partial charge in [-0.2, -0.15) is 0 Å². The second-order valence-corrected chi connectivity index (χ2v) is 6.80. The van der Waals surface area contributed by atoms with E-state index in [9.17, 15) is 9.90 Å². The van der Waals surface area contributed by atoms with Gasteiger partial charge >= 0.3 is 5.97 Å². The number of hydrogen-bond acceptors (Lipinski definition) is 2. The number of benzene rings is 2. The first-order valence-corrected chi connectivity index (χ1v) is 9.32. The number of nitrogens with one attached hydrogen (secondary N) is 1. The summed E-state index contributed by atoms with van der Waals surface area (Å²) < 4.78 is 0. The Balaban J connectivity index is 1.58. The summed E-state index contributed by atoms with van der Waals surface area (Å²) in [7, 11) is 0. The minimum absolute atomic E-state index is 0.254. The van der Waals surface area contributed by atoms with Crippen LogP contribution in [0.4, 0.5) is 0 Å². The van der Waals surface area contributed by atoms with Crippen molar-refractivity contribution in [2.45, 2.75) is 25.7 Å². The summed E-state index contributed by atoms with van der Waals surface area (Å²) in [6, 6.07) is 18.5. The fourth-order valence-corrected chi connectivity index (χ4v) is 3.62. The van der Waals surface area contributed by atoms with Crippen LogP contribution in [0.25, 0.3) is 11.1 Å². The molecule has 1 heterocycles. The van der Waals surface area contributed by atoms with Crippen molar-refractivity contribution >= 4 is 5.97 Å². The maximum Gasteiger partial charge on any atom is 0.308 e. The molecular formula is C23H25NO2. The first-order chi connectivity index (χ1) is 12.8. The van der Waals surface area contributed by atoms with Crippen molar-refractivity contribution in [3.8, 4) is 23.0 Å². The van der Waals surface area contributed by atoms with Crippen LogP contribution < -0.4 is 5.32 Å². The van der Waals surface area contributed by atoms with Crippen LogP contribution in [0.1, 0.15) is 31.2 Å². The summed E-state index contributed by atoms with van der Waals surface area (Å²) in [5.41, 5.74) is 3.38. The van der Waals surface area contributed by atoms with Crippen molar-refractivity contribution in [2.75, 3.05) is 13.1 Å². The lowest BCUT2D eigenvalue weighted by atomic mass is 9.83. The fraction of sp³-hybridized carbons (Fsp3) is 0.348. The summed E-state index contributed by atoms with van der Waals surface area (Å²) in [5, 5.41) is 12.5. The second-order valence-electron chi connectivity index (χ2n) is 6.80. The van der Waals surface area contributed by atoms with E-state index in [4.69, 9.17) is 0 Å². The number of unbranched alkanes of at least 4 members (excludes halogenated alkanes) is 1. The van der Waals surface area contributed by atoms with Crippen LogP contribution in [0.3, 0.4) is 0 Å². The lowest BCUT2D eigenvalue weighted by Gasteiger charge is -2.29. The lowest BCUT2D eigenvalue weighted by Crippen LogP contribution is -2.40. The quantitative estimate of drug-likeness (QED) is 0.630. The van der Waals surface area contributed by atoms with E-state index in [1.165, 1.54) is 5.56 Å². The fourth-order valence-electron chi connectivity index (χ4n) is 3.62. The van der Waals surface area contributed by atoms with E-state index in [2.05, 4.69) is 41.4 Å². The van der Waals surface area contributed by atoms with Gasteiger partial charge in [-0.1, -0.05) is 60.4 Å². The van der Waals surface area contributed by atoms with Crippen molar-refractivity contribution in [3.05, 3.63) is 60.2 Å². The molecule has 2 aromatic rings. The molecule has 26 heavy (non-hydrogen) atoms. The molecule has 3 heteroatoms.